The number of pyridine rings is 1. The minimum absolute atomic E-state index is 0.00569. The predicted molar refractivity (Wildman–Crippen MR) is 78.7 cm³/mol. The molecule has 20 heavy (non-hydrogen) atoms. The first kappa shape index (κ1) is 12.9. The maximum atomic E-state index is 11.4. The smallest absolute Gasteiger partial charge is 0.308 e. The molecule has 1 heterocycles. The third-order valence-corrected chi connectivity index (χ3v) is 4.06. The van der Waals surface area contributed by atoms with Crippen LogP contribution in [-0.2, 0) is 4.79 Å². The van der Waals surface area contributed by atoms with Crippen molar-refractivity contribution in [2.24, 2.45) is 5.92 Å². The van der Waals surface area contributed by atoms with E-state index in [0.29, 0.717) is 0 Å². The zero-order valence-corrected chi connectivity index (χ0v) is 11.2. The van der Waals surface area contributed by atoms with Crippen molar-refractivity contribution in [3.63, 3.8) is 0 Å². The third-order valence-electron chi connectivity index (χ3n) is 4.06. The van der Waals surface area contributed by atoms with Crippen molar-refractivity contribution in [1.29, 1.82) is 0 Å². The zero-order chi connectivity index (χ0) is 13.9. The summed E-state index contributed by atoms with van der Waals surface area (Å²) in [4.78, 5) is 15.8. The molecule has 1 saturated carbocycles. The number of fused-ring (bicyclic) bond motifs is 1. The molecule has 4 heteroatoms. The van der Waals surface area contributed by atoms with Crippen LogP contribution in [0.3, 0.4) is 0 Å². The number of para-hydroxylation sites is 1. The van der Waals surface area contributed by atoms with Crippen LogP contribution in [0.25, 0.3) is 10.9 Å². The van der Waals surface area contributed by atoms with Crippen molar-refractivity contribution in [2.75, 3.05) is 5.32 Å². The van der Waals surface area contributed by atoms with E-state index in [1.54, 1.807) is 6.20 Å². The third kappa shape index (κ3) is 2.46. The summed E-state index contributed by atoms with van der Waals surface area (Å²) in [6.45, 7) is 0. The molecule has 0 bridgehead atoms. The molecule has 2 atom stereocenters. The van der Waals surface area contributed by atoms with Gasteiger partial charge in [-0.1, -0.05) is 31.0 Å². The van der Waals surface area contributed by atoms with E-state index in [1.807, 2.05) is 30.3 Å². The molecule has 0 amide bonds. The molecule has 2 unspecified atom stereocenters. The molecule has 2 aromatic rings. The number of benzene rings is 1. The SMILES string of the molecule is O=C(O)C1CCCCC1Nc1cccc2cccnc12. The van der Waals surface area contributed by atoms with E-state index < -0.39 is 5.97 Å². The van der Waals surface area contributed by atoms with Crippen LogP contribution < -0.4 is 5.32 Å². The summed E-state index contributed by atoms with van der Waals surface area (Å²) in [5.41, 5.74) is 1.84. The van der Waals surface area contributed by atoms with Crippen molar-refractivity contribution >= 4 is 22.6 Å². The normalized spacial score (nSPS) is 22.6. The van der Waals surface area contributed by atoms with Crippen LogP contribution in [0.1, 0.15) is 25.7 Å². The number of nitrogens with zero attached hydrogens (tertiary/aromatic N) is 1. The Bertz CT molecular complexity index is 621. The first-order chi connectivity index (χ1) is 9.75. The Hall–Kier alpha value is -2.10. The van der Waals surface area contributed by atoms with Crippen LogP contribution in [0.5, 0.6) is 0 Å². The monoisotopic (exact) mass is 270 g/mol. The van der Waals surface area contributed by atoms with Gasteiger partial charge in [-0.15, -0.1) is 0 Å². The topological polar surface area (TPSA) is 62.2 Å². The summed E-state index contributed by atoms with van der Waals surface area (Å²) in [5, 5.41) is 13.8. The van der Waals surface area contributed by atoms with E-state index in [9.17, 15) is 9.90 Å². The van der Waals surface area contributed by atoms with Gasteiger partial charge in [0.15, 0.2) is 0 Å². The van der Waals surface area contributed by atoms with Gasteiger partial charge in [0.1, 0.15) is 0 Å². The van der Waals surface area contributed by atoms with E-state index in [0.717, 1.165) is 42.3 Å². The van der Waals surface area contributed by atoms with E-state index in [-0.39, 0.29) is 12.0 Å². The summed E-state index contributed by atoms with van der Waals surface area (Å²) >= 11 is 0. The molecular weight excluding hydrogens is 252 g/mol. The van der Waals surface area contributed by atoms with Crippen LogP contribution in [0.2, 0.25) is 0 Å². The lowest BCUT2D eigenvalue weighted by molar-refractivity contribution is -0.143. The van der Waals surface area contributed by atoms with Crippen molar-refractivity contribution < 1.29 is 9.90 Å². The minimum Gasteiger partial charge on any atom is -0.481 e. The first-order valence-electron chi connectivity index (χ1n) is 7.09. The Labute approximate surface area is 117 Å². The highest BCUT2D eigenvalue weighted by Gasteiger charge is 2.30. The molecule has 1 aliphatic rings. The minimum atomic E-state index is -0.699. The molecule has 0 saturated heterocycles. The van der Waals surface area contributed by atoms with Crippen LogP contribution >= 0.6 is 0 Å². The molecule has 0 radical (unpaired) electrons. The molecule has 1 aliphatic carbocycles. The molecule has 104 valence electrons. The van der Waals surface area contributed by atoms with Crippen molar-refractivity contribution in [1.82, 2.24) is 4.98 Å². The molecular formula is C16H18N2O2. The summed E-state index contributed by atoms with van der Waals surface area (Å²) in [6.07, 6.45) is 5.51. The number of hydrogen-bond acceptors (Lipinski definition) is 3. The van der Waals surface area contributed by atoms with Gasteiger partial charge in [0.25, 0.3) is 0 Å². The standard InChI is InChI=1S/C16H18N2O2/c19-16(20)12-7-1-2-8-13(12)18-14-9-3-5-11-6-4-10-17-15(11)14/h3-6,9-10,12-13,18H,1-2,7-8H2,(H,19,20). The number of carboxylic acids is 1. The Kier molecular flexibility index (Phi) is 3.54. The van der Waals surface area contributed by atoms with Gasteiger partial charge in [0.2, 0.25) is 0 Å². The highest BCUT2D eigenvalue weighted by atomic mass is 16.4. The Morgan fingerprint density at radius 3 is 2.85 bits per heavy atom. The van der Waals surface area contributed by atoms with Gasteiger partial charge < -0.3 is 10.4 Å². The van der Waals surface area contributed by atoms with Crippen LogP contribution in [0.4, 0.5) is 5.69 Å². The van der Waals surface area contributed by atoms with Crippen LogP contribution in [0, 0.1) is 5.92 Å². The lowest BCUT2D eigenvalue weighted by Crippen LogP contribution is -2.37. The second-order valence-corrected chi connectivity index (χ2v) is 5.36. The van der Waals surface area contributed by atoms with Crippen LogP contribution in [0.15, 0.2) is 36.5 Å². The van der Waals surface area contributed by atoms with Gasteiger partial charge >= 0.3 is 5.97 Å². The van der Waals surface area contributed by atoms with Gasteiger partial charge in [0, 0.05) is 17.6 Å². The molecule has 2 N–H and O–H groups in total. The van der Waals surface area contributed by atoms with Gasteiger partial charge in [0.05, 0.1) is 17.1 Å². The molecule has 0 spiro atoms. The maximum absolute atomic E-state index is 11.4. The van der Waals surface area contributed by atoms with E-state index in [4.69, 9.17) is 0 Å². The van der Waals surface area contributed by atoms with Crippen molar-refractivity contribution in [3.8, 4) is 0 Å². The highest BCUT2D eigenvalue weighted by molar-refractivity contribution is 5.90. The molecule has 3 rings (SSSR count). The maximum Gasteiger partial charge on any atom is 0.308 e. The fourth-order valence-electron chi connectivity index (χ4n) is 3.02. The quantitative estimate of drug-likeness (QED) is 0.898. The van der Waals surface area contributed by atoms with E-state index >= 15 is 0 Å². The number of hydrogen-bond donors (Lipinski definition) is 2. The number of aromatic nitrogens is 1. The van der Waals surface area contributed by atoms with Gasteiger partial charge in [-0.2, -0.15) is 0 Å². The molecule has 1 aromatic heterocycles. The van der Waals surface area contributed by atoms with E-state index in [1.165, 1.54) is 0 Å². The summed E-state index contributed by atoms with van der Waals surface area (Å²) in [6, 6.07) is 9.89. The fraction of sp³-hybridized carbons (Fsp3) is 0.375. The first-order valence-corrected chi connectivity index (χ1v) is 7.09. The molecule has 4 nitrogen and oxygen atoms in total. The summed E-state index contributed by atoms with van der Waals surface area (Å²) in [7, 11) is 0. The van der Waals surface area contributed by atoms with Crippen molar-refractivity contribution in [3.05, 3.63) is 36.5 Å². The largest absolute Gasteiger partial charge is 0.481 e. The second kappa shape index (κ2) is 5.49. The average Bonchev–Trinajstić information content (AvgIpc) is 2.48. The number of nitrogens with one attached hydrogen (secondary N) is 1. The number of aliphatic carboxylic acids is 1. The van der Waals surface area contributed by atoms with Gasteiger partial charge in [-0.05, 0) is 25.0 Å². The fourth-order valence-corrected chi connectivity index (χ4v) is 3.02. The van der Waals surface area contributed by atoms with E-state index in [2.05, 4.69) is 10.3 Å². The number of carboxylic acid groups (broad SMARTS) is 1. The van der Waals surface area contributed by atoms with Crippen LogP contribution in [-0.4, -0.2) is 22.1 Å². The lowest BCUT2D eigenvalue weighted by atomic mass is 9.84. The molecule has 1 aromatic carbocycles. The zero-order valence-electron chi connectivity index (χ0n) is 11.2. The predicted octanol–water partition coefficient (Wildman–Crippen LogP) is 3.29. The number of carbonyl (C=O) groups is 1. The summed E-state index contributed by atoms with van der Waals surface area (Å²) in [5.74, 6) is -1.00. The Balaban J connectivity index is 1.90. The average molecular weight is 270 g/mol. The molecule has 1 fully saturated rings. The van der Waals surface area contributed by atoms with Crippen molar-refractivity contribution in [2.45, 2.75) is 31.7 Å². The Morgan fingerprint density at radius 1 is 1.20 bits per heavy atom. The Morgan fingerprint density at radius 2 is 2.00 bits per heavy atom. The second-order valence-electron chi connectivity index (χ2n) is 5.36. The van der Waals surface area contributed by atoms with Gasteiger partial charge in [-0.25, -0.2) is 0 Å². The molecule has 0 aliphatic heterocycles. The lowest BCUT2D eigenvalue weighted by Gasteiger charge is -2.30. The van der Waals surface area contributed by atoms with Gasteiger partial charge in [-0.3, -0.25) is 9.78 Å². The number of anilines is 1. The number of rotatable bonds is 3. The highest BCUT2D eigenvalue weighted by Crippen LogP contribution is 2.29. The summed E-state index contributed by atoms with van der Waals surface area (Å²) < 4.78 is 0.